The molecule has 1 aromatic carbocycles. The van der Waals surface area contributed by atoms with Crippen LogP contribution in [-0.2, 0) is 9.59 Å². The van der Waals surface area contributed by atoms with E-state index >= 15 is 0 Å². The number of hydrogen-bond donors (Lipinski definition) is 3. The Bertz CT molecular complexity index is 702. The zero-order valence-electron chi connectivity index (χ0n) is 11.3. The Balaban J connectivity index is 1.78. The summed E-state index contributed by atoms with van der Waals surface area (Å²) in [5.74, 6) is -2.20. The van der Waals surface area contributed by atoms with Gasteiger partial charge in [-0.2, -0.15) is 0 Å². The smallest absolute Gasteiger partial charge is 0.307 e. The largest absolute Gasteiger partial charge is 0.481 e. The minimum Gasteiger partial charge on any atom is -0.481 e. The van der Waals surface area contributed by atoms with Gasteiger partial charge in [-0.3, -0.25) is 9.59 Å². The lowest BCUT2D eigenvalue weighted by Crippen LogP contribution is -2.17. The standard InChI is InChI=1S/C15H16N2O3/c1-15(2)11(12(15)14(19)20)13(18)17-9-3-4-10-8(7-9)5-6-16-10/h3-7,11-12,16H,1-2H3,(H,17,18)(H,19,20)/t11-,12+/m0/s1. The maximum absolute atomic E-state index is 12.2. The van der Waals surface area contributed by atoms with Crippen molar-refractivity contribution < 1.29 is 14.7 Å². The number of rotatable bonds is 3. The molecule has 1 fully saturated rings. The summed E-state index contributed by atoms with van der Waals surface area (Å²) in [4.78, 5) is 26.4. The van der Waals surface area contributed by atoms with Crippen LogP contribution in [-0.4, -0.2) is 22.0 Å². The van der Waals surface area contributed by atoms with Crippen molar-refractivity contribution >= 4 is 28.5 Å². The summed E-state index contributed by atoms with van der Waals surface area (Å²) in [6.45, 7) is 3.62. The number of aromatic amines is 1. The first-order valence-corrected chi connectivity index (χ1v) is 6.52. The van der Waals surface area contributed by atoms with Crippen molar-refractivity contribution in [2.24, 2.45) is 17.3 Å². The first-order valence-electron chi connectivity index (χ1n) is 6.52. The molecule has 1 amide bonds. The van der Waals surface area contributed by atoms with Gasteiger partial charge in [-0.05, 0) is 29.7 Å². The van der Waals surface area contributed by atoms with Crippen molar-refractivity contribution in [2.45, 2.75) is 13.8 Å². The number of carbonyl (C=O) groups excluding carboxylic acids is 1. The summed E-state index contributed by atoms with van der Waals surface area (Å²) in [5.41, 5.74) is 1.21. The maximum atomic E-state index is 12.2. The molecule has 0 saturated heterocycles. The molecule has 20 heavy (non-hydrogen) atoms. The SMILES string of the molecule is CC1(C)[C@H](C(=O)Nc2ccc3[nH]ccc3c2)[C@@H]1C(=O)O. The highest BCUT2D eigenvalue weighted by molar-refractivity contribution is 6.00. The summed E-state index contributed by atoms with van der Waals surface area (Å²) in [6, 6.07) is 7.49. The van der Waals surface area contributed by atoms with E-state index in [9.17, 15) is 9.59 Å². The first-order chi connectivity index (χ1) is 9.41. The average molecular weight is 272 g/mol. The van der Waals surface area contributed by atoms with Crippen LogP contribution in [0.1, 0.15) is 13.8 Å². The lowest BCUT2D eigenvalue weighted by molar-refractivity contribution is -0.140. The number of H-pyrrole nitrogens is 1. The molecule has 0 unspecified atom stereocenters. The van der Waals surface area contributed by atoms with E-state index in [4.69, 9.17) is 5.11 Å². The molecule has 1 heterocycles. The van der Waals surface area contributed by atoms with E-state index in [0.717, 1.165) is 10.9 Å². The van der Waals surface area contributed by atoms with Crippen molar-refractivity contribution in [1.29, 1.82) is 0 Å². The number of anilines is 1. The average Bonchev–Trinajstić information content (AvgIpc) is 2.73. The fourth-order valence-electron chi connectivity index (χ4n) is 2.94. The number of aromatic nitrogens is 1. The molecular formula is C15H16N2O3. The number of amides is 1. The number of nitrogens with one attached hydrogen (secondary N) is 2. The topological polar surface area (TPSA) is 82.2 Å². The molecule has 5 nitrogen and oxygen atoms in total. The molecule has 3 rings (SSSR count). The van der Waals surface area contributed by atoms with E-state index in [1.165, 1.54) is 0 Å². The molecule has 0 bridgehead atoms. The van der Waals surface area contributed by atoms with Crippen LogP contribution in [0.25, 0.3) is 10.9 Å². The van der Waals surface area contributed by atoms with Crippen LogP contribution in [0.5, 0.6) is 0 Å². The van der Waals surface area contributed by atoms with Gasteiger partial charge in [0.05, 0.1) is 11.8 Å². The Morgan fingerprint density at radius 3 is 2.65 bits per heavy atom. The summed E-state index contributed by atoms with van der Waals surface area (Å²) < 4.78 is 0. The lowest BCUT2D eigenvalue weighted by Gasteiger charge is -2.06. The molecule has 1 saturated carbocycles. The molecule has 1 aliphatic carbocycles. The Labute approximate surface area is 116 Å². The fraction of sp³-hybridized carbons (Fsp3) is 0.333. The highest BCUT2D eigenvalue weighted by atomic mass is 16.4. The molecule has 2 atom stereocenters. The number of carboxylic acid groups (broad SMARTS) is 1. The third kappa shape index (κ3) is 1.86. The summed E-state index contributed by atoms with van der Waals surface area (Å²) >= 11 is 0. The zero-order valence-corrected chi connectivity index (χ0v) is 11.3. The number of fused-ring (bicyclic) bond motifs is 1. The predicted molar refractivity (Wildman–Crippen MR) is 75.3 cm³/mol. The molecular weight excluding hydrogens is 256 g/mol. The number of benzene rings is 1. The lowest BCUT2D eigenvalue weighted by atomic mass is 10.1. The van der Waals surface area contributed by atoms with E-state index in [2.05, 4.69) is 10.3 Å². The quantitative estimate of drug-likeness (QED) is 0.802. The van der Waals surface area contributed by atoms with Crippen LogP contribution in [0, 0.1) is 17.3 Å². The second-order valence-electron chi connectivity index (χ2n) is 5.88. The van der Waals surface area contributed by atoms with Gasteiger partial charge >= 0.3 is 5.97 Å². The van der Waals surface area contributed by atoms with Crippen LogP contribution in [0.4, 0.5) is 5.69 Å². The van der Waals surface area contributed by atoms with Gasteiger partial charge in [-0.1, -0.05) is 13.8 Å². The number of aliphatic carboxylic acids is 1. The molecule has 2 aromatic rings. The Morgan fingerprint density at radius 1 is 1.25 bits per heavy atom. The van der Waals surface area contributed by atoms with Crippen LogP contribution in [0.2, 0.25) is 0 Å². The maximum Gasteiger partial charge on any atom is 0.307 e. The molecule has 0 spiro atoms. The van der Waals surface area contributed by atoms with E-state index in [1.54, 1.807) is 0 Å². The van der Waals surface area contributed by atoms with Gasteiger partial charge in [0.15, 0.2) is 0 Å². The number of hydrogen-bond acceptors (Lipinski definition) is 2. The van der Waals surface area contributed by atoms with Gasteiger partial charge < -0.3 is 15.4 Å². The third-order valence-corrected chi connectivity index (χ3v) is 4.20. The van der Waals surface area contributed by atoms with Gasteiger partial charge in [0.25, 0.3) is 0 Å². The van der Waals surface area contributed by atoms with Gasteiger partial charge in [0, 0.05) is 22.8 Å². The van der Waals surface area contributed by atoms with Crippen molar-refractivity contribution in [3.8, 4) is 0 Å². The van der Waals surface area contributed by atoms with Crippen molar-refractivity contribution in [3.63, 3.8) is 0 Å². The monoisotopic (exact) mass is 272 g/mol. The summed E-state index contributed by atoms with van der Waals surface area (Å²) in [6.07, 6.45) is 1.83. The molecule has 1 aliphatic rings. The Morgan fingerprint density at radius 2 is 2.00 bits per heavy atom. The van der Waals surface area contributed by atoms with Crippen LogP contribution < -0.4 is 5.32 Å². The minimum absolute atomic E-state index is 0.225. The number of carbonyl (C=O) groups is 2. The van der Waals surface area contributed by atoms with E-state index in [-0.39, 0.29) is 5.91 Å². The zero-order chi connectivity index (χ0) is 14.5. The second kappa shape index (κ2) is 4.10. The molecule has 3 N–H and O–H groups in total. The first kappa shape index (κ1) is 12.7. The molecule has 0 aliphatic heterocycles. The van der Waals surface area contributed by atoms with Crippen LogP contribution >= 0.6 is 0 Å². The van der Waals surface area contributed by atoms with Gasteiger partial charge in [0.2, 0.25) is 5.91 Å². The normalized spacial score (nSPS) is 23.5. The van der Waals surface area contributed by atoms with E-state index in [1.807, 2.05) is 44.3 Å². The van der Waals surface area contributed by atoms with E-state index in [0.29, 0.717) is 5.69 Å². The van der Waals surface area contributed by atoms with E-state index < -0.39 is 23.2 Å². The van der Waals surface area contributed by atoms with Crippen LogP contribution in [0.15, 0.2) is 30.5 Å². The molecule has 5 heteroatoms. The molecule has 1 aromatic heterocycles. The Hall–Kier alpha value is -2.30. The minimum atomic E-state index is -0.906. The molecule has 104 valence electrons. The van der Waals surface area contributed by atoms with Gasteiger partial charge in [0.1, 0.15) is 0 Å². The third-order valence-electron chi connectivity index (χ3n) is 4.20. The van der Waals surface area contributed by atoms with Crippen molar-refractivity contribution in [3.05, 3.63) is 30.5 Å². The highest BCUT2D eigenvalue weighted by Gasteiger charge is 2.65. The fourth-order valence-corrected chi connectivity index (χ4v) is 2.94. The summed E-state index contributed by atoms with van der Waals surface area (Å²) in [5, 5.41) is 12.9. The highest BCUT2D eigenvalue weighted by Crippen LogP contribution is 2.58. The Kier molecular flexibility index (Phi) is 2.61. The second-order valence-corrected chi connectivity index (χ2v) is 5.88. The van der Waals surface area contributed by atoms with Gasteiger partial charge in [-0.15, -0.1) is 0 Å². The van der Waals surface area contributed by atoms with Gasteiger partial charge in [-0.25, -0.2) is 0 Å². The van der Waals surface area contributed by atoms with Crippen LogP contribution in [0.3, 0.4) is 0 Å². The predicted octanol–water partition coefficient (Wildman–Crippen LogP) is 2.46. The molecule has 0 radical (unpaired) electrons. The van der Waals surface area contributed by atoms with Crippen molar-refractivity contribution in [2.75, 3.05) is 5.32 Å². The van der Waals surface area contributed by atoms with Crippen molar-refractivity contribution in [1.82, 2.24) is 4.98 Å². The summed E-state index contributed by atoms with van der Waals surface area (Å²) in [7, 11) is 0. The number of carboxylic acids is 1.